The summed E-state index contributed by atoms with van der Waals surface area (Å²) in [5.74, 6) is 0.709. The van der Waals surface area contributed by atoms with Crippen molar-refractivity contribution in [2.75, 3.05) is 33.3 Å². The summed E-state index contributed by atoms with van der Waals surface area (Å²) in [5, 5.41) is 3.59. The topological polar surface area (TPSA) is 41.6 Å². The van der Waals surface area contributed by atoms with Gasteiger partial charge in [0.2, 0.25) is 0 Å². The van der Waals surface area contributed by atoms with Gasteiger partial charge < -0.3 is 15.0 Å². The lowest BCUT2D eigenvalue weighted by molar-refractivity contribution is -0.140. The van der Waals surface area contributed by atoms with Gasteiger partial charge in [-0.25, -0.2) is 0 Å². The number of likely N-dealkylation sites (tertiary alicyclic amines) is 1. The third-order valence-corrected chi connectivity index (χ3v) is 3.71. The fraction of sp³-hybridized carbons (Fsp3) is 0.933. The van der Waals surface area contributed by atoms with Crippen molar-refractivity contribution in [3.05, 3.63) is 0 Å². The van der Waals surface area contributed by atoms with Crippen LogP contribution >= 0.6 is 0 Å². The Bertz CT molecular complexity index is 266. The zero-order valence-electron chi connectivity index (χ0n) is 13.0. The van der Waals surface area contributed by atoms with Crippen LogP contribution in [0.5, 0.6) is 0 Å². The highest BCUT2D eigenvalue weighted by Crippen LogP contribution is 2.17. The minimum atomic E-state index is -0.0933. The summed E-state index contributed by atoms with van der Waals surface area (Å²) in [4.78, 5) is 13.5. The Morgan fingerprint density at radius 1 is 1.32 bits per heavy atom. The molecule has 1 saturated heterocycles. The molecule has 0 aromatic carbocycles. The fourth-order valence-electron chi connectivity index (χ4n) is 2.41. The molecule has 1 N–H and O–H groups in total. The number of nitrogens with one attached hydrogen (secondary N) is 1. The third kappa shape index (κ3) is 7.53. The lowest BCUT2D eigenvalue weighted by atomic mass is 9.95. The number of esters is 1. The van der Waals surface area contributed by atoms with Gasteiger partial charge in [0, 0.05) is 12.0 Å². The second-order valence-electron chi connectivity index (χ2n) is 6.60. The van der Waals surface area contributed by atoms with Crippen molar-refractivity contribution in [2.24, 2.45) is 5.92 Å². The van der Waals surface area contributed by atoms with E-state index in [1.165, 1.54) is 20.0 Å². The number of hydrogen-bond donors (Lipinski definition) is 1. The van der Waals surface area contributed by atoms with Crippen molar-refractivity contribution in [1.82, 2.24) is 10.2 Å². The van der Waals surface area contributed by atoms with Crippen LogP contribution in [0.25, 0.3) is 0 Å². The van der Waals surface area contributed by atoms with E-state index in [-0.39, 0.29) is 11.5 Å². The predicted octanol–water partition coefficient (Wildman–Crippen LogP) is 2.04. The number of carbonyl (C=O) groups excluding carboxylic acids is 1. The molecule has 0 bridgehead atoms. The van der Waals surface area contributed by atoms with Crippen molar-refractivity contribution >= 4 is 5.97 Å². The van der Waals surface area contributed by atoms with E-state index < -0.39 is 0 Å². The van der Waals surface area contributed by atoms with E-state index in [9.17, 15) is 4.79 Å². The quantitative estimate of drug-likeness (QED) is 0.750. The van der Waals surface area contributed by atoms with Crippen molar-refractivity contribution < 1.29 is 9.53 Å². The van der Waals surface area contributed by atoms with Crippen LogP contribution in [0.15, 0.2) is 0 Å². The average Bonchev–Trinajstić information content (AvgIpc) is 2.36. The highest BCUT2D eigenvalue weighted by atomic mass is 16.5. The van der Waals surface area contributed by atoms with E-state index in [1.807, 2.05) is 0 Å². The van der Waals surface area contributed by atoms with Gasteiger partial charge in [-0.2, -0.15) is 0 Å². The molecule has 1 aliphatic heterocycles. The molecule has 0 aromatic heterocycles. The van der Waals surface area contributed by atoms with Crippen LogP contribution in [0, 0.1) is 5.92 Å². The van der Waals surface area contributed by atoms with Crippen molar-refractivity contribution in [2.45, 2.75) is 52.0 Å². The first-order chi connectivity index (χ1) is 8.90. The molecule has 1 rings (SSSR count). The molecule has 4 nitrogen and oxygen atoms in total. The molecule has 0 amide bonds. The van der Waals surface area contributed by atoms with Crippen LogP contribution in [0.3, 0.4) is 0 Å². The number of piperidine rings is 1. The van der Waals surface area contributed by atoms with Crippen LogP contribution in [0.4, 0.5) is 0 Å². The Labute approximate surface area is 117 Å². The Morgan fingerprint density at radius 2 is 1.95 bits per heavy atom. The number of carbonyl (C=O) groups is 1. The summed E-state index contributed by atoms with van der Waals surface area (Å²) in [6.07, 6.45) is 3.99. The third-order valence-electron chi connectivity index (χ3n) is 3.71. The number of nitrogens with zero attached hydrogens (tertiary/aromatic N) is 1. The molecule has 112 valence electrons. The fourth-order valence-corrected chi connectivity index (χ4v) is 2.41. The summed E-state index contributed by atoms with van der Waals surface area (Å²) < 4.78 is 4.65. The molecule has 0 saturated carbocycles. The molecule has 1 aliphatic rings. The molecular formula is C15H30N2O2. The summed E-state index contributed by atoms with van der Waals surface area (Å²) in [6, 6.07) is 0. The second-order valence-corrected chi connectivity index (χ2v) is 6.60. The van der Waals surface area contributed by atoms with E-state index in [0.717, 1.165) is 38.5 Å². The van der Waals surface area contributed by atoms with Crippen LogP contribution in [-0.2, 0) is 9.53 Å². The predicted molar refractivity (Wildman–Crippen MR) is 78.2 cm³/mol. The van der Waals surface area contributed by atoms with Crippen molar-refractivity contribution in [3.63, 3.8) is 0 Å². The summed E-state index contributed by atoms with van der Waals surface area (Å²) in [7, 11) is 1.45. The van der Waals surface area contributed by atoms with E-state index >= 15 is 0 Å². The Morgan fingerprint density at radius 3 is 2.47 bits per heavy atom. The van der Waals surface area contributed by atoms with Gasteiger partial charge in [-0.1, -0.05) is 0 Å². The molecule has 1 heterocycles. The van der Waals surface area contributed by atoms with Crippen LogP contribution in [-0.4, -0.2) is 49.7 Å². The summed E-state index contributed by atoms with van der Waals surface area (Å²) in [5.41, 5.74) is 0.220. The molecule has 0 aliphatic carbocycles. The zero-order valence-corrected chi connectivity index (χ0v) is 13.0. The standard InChI is InChI=1S/C15H30N2O2/c1-15(2,3)16-12-13-7-10-17(11-8-13)9-5-6-14(18)19-4/h13,16H,5-12H2,1-4H3. The first-order valence-corrected chi connectivity index (χ1v) is 7.45. The smallest absolute Gasteiger partial charge is 0.305 e. The Kier molecular flexibility index (Phi) is 6.80. The summed E-state index contributed by atoms with van der Waals surface area (Å²) in [6.45, 7) is 11.1. The minimum absolute atomic E-state index is 0.0933. The van der Waals surface area contributed by atoms with Crippen LogP contribution < -0.4 is 5.32 Å². The molecule has 0 aromatic rings. The van der Waals surface area contributed by atoms with Gasteiger partial charge in [-0.15, -0.1) is 0 Å². The van der Waals surface area contributed by atoms with Gasteiger partial charge in [0.1, 0.15) is 0 Å². The molecular weight excluding hydrogens is 240 g/mol. The molecule has 0 unspecified atom stereocenters. The molecule has 0 spiro atoms. The highest BCUT2D eigenvalue weighted by Gasteiger charge is 2.20. The maximum Gasteiger partial charge on any atom is 0.305 e. The van der Waals surface area contributed by atoms with Crippen molar-refractivity contribution in [1.29, 1.82) is 0 Å². The van der Waals surface area contributed by atoms with Crippen molar-refractivity contribution in [3.8, 4) is 0 Å². The molecule has 19 heavy (non-hydrogen) atoms. The van der Waals surface area contributed by atoms with Gasteiger partial charge in [0.25, 0.3) is 0 Å². The van der Waals surface area contributed by atoms with Gasteiger partial charge in [0.15, 0.2) is 0 Å². The van der Waals surface area contributed by atoms with Crippen LogP contribution in [0.1, 0.15) is 46.5 Å². The normalized spacial score (nSPS) is 18.5. The monoisotopic (exact) mass is 270 g/mol. The molecule has 4 heteroatoms. The number of ether oxygens (including phenoxy) is 1. The largest absolute Gasteiger partial charge is 0.469 e. The zero-order chi connectivity index (χ0) is 14.3. The van der Waals surface area contributed by atoms with Gasteiger partial charge in [-0.05, 0) is 72.1 Å². The van der Waals surface area contributed by atoms with E-state index in [1.54, 1.807) is 0 Å². The number of hydrogen-bond acceptors (Lipinski definition) is 4. The highest BCUT2D eigenvalue weighted by molar-refractivity contribution is 5.69. The maximum absolute atomic E-state index is 11.0. The maximum atomic E-state index is 11.0. The minimum Gasteiger partial charge on any atom is -0.469 e. The first-order valence-electron chi connectivity index (χ1n) is 7.45. The lowest BCUT2D eigenvalue weighted by Gasteiger charge is -2.33. The van der Waals surface area contributed by atoms with Gasteiger partial charge in [0.05, 0.1) is 7.11 Å². The van der Waals surface area contributed by atoms with E-state index in [4.69, 9.17) is 0 Å². The second kappa shape index (κ2) is 7.85. The van der Waals surface area contributed by atoms with Gasteiger partial charge >= 0.3 is 5.97 Å². The lowest BCUT2D eigenvalue weighted by Crippen LogP contribution is -2.43. The number of methoxy groups -OCH3 is 1. The Balaban J connectivity index is 2.10. The average molecular weight is 270 g/mol. The Hall–Kier alpha value is -0.610. The van der Waals surface area contributed by atoms with Crippen LogP contribution in [0.2, 0.25) is 0 Å². The molecule has 0 radical (unpaired) electrons. The number of rotatable bonds is 6. The van der Waals surface area contributed by atoms with Gasteiger partial charge in [-0.3, -0.25) is 4.79 Å². The molecule has 0 atom stereocenters. The first kappa shape index (κ1) is 16.4. The molecule has 1 fully saturated rings. The van der Waals surface area contributed by atoms with E-state index in [2.05, 4.69) is 35.7 Å². The SMILES string of the molecule is COC(=O)CCCN1CCC(CNC(C)(C)C)CC1. The van der Waals surface area contributed by atoms with E-state index in [0.29, 0.717) is 6.42 Å². The summed E-state index contributed by atoms with van der Waals surface area (Å²) >= 11 is 0.